The van der Waals surface area contributed by atoms with Crippen LogP contribution in [0.25, 0.3) is 0 Å². The fourth-order valence-corrected chi connectivity index (χ4v) is 4.22. The van der Waals surface area contributed by atoms with Crippen LogP contribution in [0.4, 0.5) is 5.69 Å². The first-order valence-electron chi connectivity index (χ1n) is 10.8. The van der Waals surface area contributed by atoms with Gasteiger partial charge >= 0.3 is 0 Å². The second-order valence-electron chi connectivity index (χ2n) is 9.97. The predicted octanol–water partition coefficient (Wildman–Crippen LogP) is 7.90. The van der Waals surface area contributed by atoms with Crippen molar-refractivity contribution < 1.29 is 9.84 Å². The van der Waals surface area contributed by atoms with Gasteiger partial charge in [-0.1, -0.05) is 71.5 Å². The molecule has 0 aromatic heterocycles. The molecule has 3 nitrogen and oxygen atoms in total. The summed E-state index contributed by atoms with van der Waals surface area (Å²) in [5.41, 5.74) is 3.53. The number of benzene rings is 3. The summed E-state index contributed by atoms with van der Waals surface area (Å²) in [6.45, 7) is 12.9. The molecule has 0 saturated heterocycles. The van der Waals surface area contributed by atoms with Crippen molar-refractivity contribution in [2.24, 2.45) is 4.99 Å². The van der Waals surface area contributed by atoms with Gasteiger partial charge in [-0.15, -0.1) is 0 Å². The second kappa shape index (κ2) is 9.41. The molecule has 1 N–H and O–H groups in total. The molecule has 3 aromatic rings. The van der Waals surface area contributed by atoms with Crippen molar-refractivity contribution in [3.05, 3.63) is 77.4 Å². The molecule has 0 heterocycles. The van der Waals surface area contributed by atoms with Crippen molar-refractivity contribution in [3.63, 3.8) is 0 Å². The first kappa shape index (κ1) is 23.9. The molecule has 0 aliphatic rings. The fraction of sp³-hybridized carbons (Fsp3) is 0.321. The van der Waals surface area contributed by atoms with Crippen molar-refractivity contribution >= 4 is 23.7 Å². The Kier molecular flexibility index (Phi) is 7.04. The van der Waals surface area contributed by atoms with Crippen LogP contribution in [0.15, 0.2) is 75.4 Å². The van der Waals surface area contributed by atoms with Crippen molar-refractivity contribution in [1.82, 2.24) is 0 Å². The van der Waals surface area contributed by atoms with Gasteiger partial charge in [-0.05, 0) is 58.9 Å². The molecule has 0 unspecified atom stereocenters. The number of hydrogen-bond acceptors (Lipinski definition) is 4. The van der Waals surface area contributed by atoms with Gasteiger partial charge in [0.1, 0.15) is 11.5 Å². The van der Waals surface area contributed by atoms with Crippen LogP contribution in [0.2, 0.25) is 0 Å². The number of methoxy groups -OCH3 is 1. The first-order valence-corrected chi connectivity index (χ1v) is 11.6. The van der Waals surface area contributed by atoms with Crippen LogP contribution in [-0.2, 0) is 10.8 Å². The zero-order valence-electron chi connectivity index (χ0n) is 20.1. The molecular weight excluding hydrogens is 414 g/mol. The lowest BCUT2D eigenvalue weighted by Crippen LogP contribution is -2.17. The Hall–Kier alpha value is -2.72. The number of rotatable bonds is 5. The minimum atomic E-state index is -0.171. The van der Waals surface area contributed by atoms with Gasteiger partial charge in [-0.25, -0.2) is 0 Å². The summed E-state index contributed by atoms with van der Waals surface area (Å²) >= 11 is 1.66. The molecule has 0 aliphatic carbocycles. The summed E-state index contributed by atoms with van der Waals surface area (Å²) in [4.78, 5) is 6.95. The molecule has 32 heavy (non-hydrogen) atoms. The molecule has 0 spiro atoms. The highest BCUT2D eigenvalue weighted by Gasteiger charge is 2.24. The number of ether oxygens (including phenoxy) is 1. The number of para-hydroxylation sites is 1. The van der Waals surface area contributed by atoms with Gasteiger partial charge in [-0.3, -0.25) is 4.99 Å². The summed E-state index contributed by atoms with van der Waals surface area (Å²) < 4.78 is 5.25. The van der Waals surface area contributed by atoms with Crippen LogP contribution in [-0.4, -0.2) is 18.4 Å². The van der Waals surface area contributed by atoms with Crippen LogP contribution in [0.3, 0.4) is 0 Å². The molecule has 4 heteroatoms. The Morgan fingerprint density at radius 2 is 1.53 bits per heavy atom. The van der Waals surface area contributed by atoms with Crippen molar-refractivity contribution in [2.75, 3.05) is 7.11 Å². The van der Waals surface area contributed by atoms with Gasteiger partial charge in [-0.2, -0.15) is 0 Å². The Morgan fingerprint density at radius 3 is 2.12 bits per heavy atom. The molecule has 0 aliphatic heterocycles. The van der Waals surface area contributed by atoms with E-state index in [1.165, 1.54) is 5.56 Å². The van der Waals surface area contributed by atoms with Crippen LogP contribution < -0.4 is 4.74 Å². The monoisotopic (exact) mass is 447 g/mol. The van der Waals surface area contributed by atoms with Gasteiger partial charge in [0.15, 0.2) is 0 Å². The summed E-state index contributed by atoms with van der Waals surface area (Å²) in [5, 5.41) is 11.0. The largest absolute Gasteiger partial charge is 0.507 e. The van der Waals surface area contributed by atoms with E-state index in [-0.39, 0.29) is 10.8 Å². The number of hydrogen-bond donors (Lipinski definition) is 1. The summed E-state index contributed by atoms with van der Waals surface area (Å²) in [5.74, 6) is 1.14. The van der Waals surface area contributed by atoms with E-state index in [1.807, 2.05) is 48.5 Å². The minimum absolute atomic E-state index is 0.0294. The van der Waals surface area contributed by atoms with Gasteiger partial charge in [0.25, 0.3) is 0 Å². The number of aliphatic imine (C=N–C) groups is 1. The SMILES string of the molecule is COc1ccc(Sc2ccccc2N=Cc2cc(C(C)(C)C)cc(C(C)(C)C)c2O)cc1. The standard InChI is InChI=1S/C28H33NO2S/c1-27(2,3)20-16-19(26(30)23(17-20)28(4,5)6)18-29-24-10-8-9-11-25(24)32-22-14-12-21(31-7)13-15-22/h8-18,30H,1-7H3. The maximum absolute atomic E-state index is 11.0. The number of phenols is 1. The number of phenolic OH excluding ortho intramolecular Hbond substituents is 1. The third-order valence-corrected chi connectivity index (χ3v) is 6.38. The third-order valence-electron chi connectivity index (χ3n) is 5.31. The minimum Gasteiger partial charge on any atom is -0.507 e. The highest BCUT2D eigenvalue weighted by Crippen LogP contribution is 2.38. The molecule has 168 valence electrons. The van der Waals surface area contributed by atoms with Crippen LogP contribution in [0.1, 0.15) is 58.2 Å². The van der Waals surface area contributed by atoms with E-state index in [0.29, 0.717) is 5.75 Å². The number of aromatic hydroxyl groups is 1. The van der Waals surface area contributed by atoms with Gasteiger partial charge in [0, 0.05) is 27.1 Å². The van der Waals surface area contributed by atoms with E-state index in [0.717, 1.165) is 32.4 Å². The zero-order chi connectivity index (χ0) is 23.5. The van der Waals surface area contributed by atoms with Gasteiger partial charge in [0.2, 0.25) is 0 Å². The molecule has 3 aromatic carbocycles. The molecule has 0 atom stereocenters. The lowest BCUT2D eigenvalue weighted by molar-refractivity contribution is 0.414. The van der Waals surface area contributed by atoms with E-state index in [9.17, 15) is 5.11 Å². The maximum Gasteiger partial charge on any atom is 0.128 e. The molecule has 3 rings (SSSR count). The zero-order valence-corrected chi connectivity index (χ0v) is 20.9. The fourth-order valence-electron chi connectivity index (χ4n) is 3.32. The molecular formula is C28H33NO2S. The van der Waals surface area contributed by atoms with E-state index in [1.54, 1.807) is 25.1 Å². The molecule has 0 saturated carbocycles. The Labute approximate surface area is 196 Å². The van der Waals surface area contributed by atoms with E-state index >= 15 is 0 Å². The van der Waals surface area contributed by atoms with Crippen molar-refractivity contribution in [2.45, 2.75) is 62.2 Å². The molecule has 0 bridgehead atoms. The lowest BCUT2D eigenvalue weighted by atomic mass is 9.79. The van der Waals surface area contributed by atoms with Gasteiger partial charge in [0.05, 0.1) is 12.8 Å². The lowest BCUT2D eigenvalue weighted by Gasteiger charge is -2.27. The summed E-state index contributed by atoms with van der Waals surface area (Å²) in [6, 6.07) is 20.2. The highest BCUT2D eigenvalue weighted by molar-refractivity contribution is 7.99. The predicted molar refractivity (Wildman–Crippen MR) is 136 cm³/mol. The average Bonchev–Trinajstić information content (AvgIpc) is 2.73. The van der Waals surface area contributed by atoms with Crippen LogP contribution in [0.5, 0.6) is 11.5 Å². The number of nitrogens with zero attached hydrogens (tertiary/aromatic N) is 1. The summed E-state index contributed by atoms with van der Waals surface area (Å²) in [7, 11) is 1.67. The van der Waals surface area contributed by atoms with Crippen molar-refractivity contribution in [1.29, 1.82) is 0 Å². The second-order valence-corrected chi connectivity index (χ2v) is 11.1. The topological polar surface area (TPSA) is 41.8 Å². The molecule has 0 fully saturated rings. The van der Waals surface area contributed by atoms with E-state index < -0.39 is 0 Å². The van der Waals surface area contributed by atoms with E-state index in [4.69, 9.17) is 9.73 Å². The smallest absolute Gasteiger partial charge is 0.128 e. The normalized spacial score (nSPS) is 12.3. The molecule has 0 radical (unpaired) electrons. The Morgan fingerprint density at radius 1 is 0.875 bits per heavy atom. The van der Waals surface area contributed by atoms with E-state index in [2.05, 4.69) is 53.7 Å². The van der Waals surface area contributed by atoms with Crippen LogP contribution >= 0.6 is 11.8 Å². The highest BCUT2D eigenvalue weighted by atomic mass is 32.2. The quantitative estimate of drug-likeness (QED) is 0.404. The third kappa shape index (κ3) is 5.74. The molecule has 0 amide bonds. The Balaban J connectivity index is 1.99. The first-order chi connectivity index (χ1) is 15.0. The van der Waals surface area contributed by atoms with Crippen molar-refractivity contribution in [3.8, 4) is 11.5 Å². The summed E-state index contributed by atoms with van der Waals surface area (Å²) in [6.07, 6.45) is 1.78. The Bertz CT molecular complexity index is 1100. The maximum atomic E-state index is 11.0. The van der Waals surface area contributed by atoms with Gasteiger partial charge < -0.3 is 9.84 Å². The average molecular weight is 448 g/mol. The van der Waals surface area contributed by atoms with Crippen LogP contribution in [0, 0.1) is 0 Å².